The van der Waals surface area contributed by atoms with Gasteiger partial charge in [-0.1, -0.05) is 34.6 Å². The highest BCUT2D eigenvalue weighted by Gasteiger charge is 2.09. The molecule has 0 rings (SSSR count). The average molecular weight is 216 g/mol. The molecule has 0 bridgehead atoms. The smallest absolute Gasteiger partial charge is 0.220 e. The Labute approximate surface area is 92.4 Å². The highest BCUT2D eigenvalue weighted by molar-refractivity contribution is 5.76. The second-order valence-corrected chi connectivity index (χ2v) is 4.49. The van der Waals surface area contributed by atoms with E-state index in [1.54, 1.807) is 13.8 Å². The molecule has 90 valence electrons. The van der Waals surface area contributed by atoms with Crippen LogP contribution in [0.3, 0.4) is 0 Å². The minimum Gasteiger partial charge on any atom is -0.369 e. The van der Waals surface area contributed by atoms with E-state index in [0.29, 0.717) is 5.92 Å². The number of rotatable bonds is 4. The summed E-state index contributed by atoms with van der Waals surface area (Å²) in [5, 5.41) is 0. The van der Waals surface area contributed by atoms with Crippen LogP contribution >= 0.6 is 0 Å². The zero-order valence-corrected chi connectivity index (χ0v) is 10.4. The molecular weight excluding hydrogens is 192 g/mol. The summed E-state index contributed by atoms with van der Waals surface area (Å²) in [7, 11) is 0. The van der Waals surface area contributed by atoms with Crippen molar-refractivity contribution in [1.82, 2.24) is 0 Å². The first kappa shape index (κ1) is 16.4. The van der Waals surface area contributed by atoms with Crippen molar-refractivity contribution in [3.8, 4) is 0 Å². The fourth-order valence-corrected chi connectivity index (χ4v) is 0.823. The van der Waals surface area contributed by atoms with Gasteiger partial charge in [0.2, 0.25) is 11.8 Å². The Bertz CT molecular complexity index is 201. The van der Waals surface area contributed by atoms with Gasteiger partial charge in [0.25, 0.3) is 0 Å². The summed E-state index contributed by atoms with van der Waals surface area (Å²) in [5.41, 5.74) is 9.84. The van der Waals surface area contributed by atoms with E-state index in [1.165, 1.54) is 0 Å². The number of carbonyl (C=O) groups is 2. The molecule has 2 amide bonds. The molecule has 4 N–H and O–H groups in total. The second-order valence-electron chi connectivity index (χ2n) is 4.49. The van der Waals surface area contributed by atoms with Crippen LogP contribution in [0.4, 0.5) is 0 Å². The molecule has 15 heavy (non-hydrogen) atoms. The van der Waals surface area contributed by atoms with E-state index in [-0.39, 0.29) is 23.7 Å². The van der Waals surface area contributed by atoms with Crippen molar-refractivity contribution in [1.29, 1.82) is 0 Å². The first-order chi connectivity index (χ1) is 6.68. The molecule has 0 aliphatic rings. The van der Waals surface area contributed by atoms with Crippen molar-refractivity contribution in [2.45, 2.75) is 41.0 Å². The number of primary amides is 2. The summed E-state index contributed by atoms with van der Waals surface area (Å²) >= 11 is 0. The highest BCUT2D eigenvalue weighted by Crippen LogP contribution is 2.09. The topological polar surface area (TPSA) is 86.2 Å². The minimum atomic E-state index is -0.241. The third-order valence-corrected chi connectivity index (χ3v) is 1.88. The van der Waals surface area contributed by atoms with Crippen molar-refractivity contribution >= 4 is 11.8 Å². The van der Waals surface area contributed by atoms with E-state index in [2.05, 4.69) is 13.8 Å². The Balaban J connectivity index is 0. The minimum absolute atomic E-state index is 0.00926. The molecule has 4 nitrogen and oxygen atoms in total. The number of hydrogen-bond acceptors (Lipinski definition) is 2. The van der Waals surface area contributed by atoms with Gasteiger partial charge in [-0.05, 0) is 12.3 Å². The predicted molar refractivity (Wildman–Crippen MR) is 61.8 cm³/mol. The molecule has 0 saturated carbocycles. The van der Waals surface area contributed by atoms with Gasteiger partial charge in [0.05, 0.1) is 0 Å². The lowest BCUT2D eigenvalue weighted by atomic mass is 9.99. The molecule has 1 atom stereocenters. The molecule has 0 fully saturated rings. The Hall–Kier alpha value is -1.06. The standard InChI is InChI=1S/C7H15NO.C4H9NO/c1-5(2)4-6(3)7(8)9;1-3(2)4(5)6/h5-6H,4H2,1-3H3,(H2,8,9);3H,1-2H3,(H2,5,6). The van der Waals surface area contributed by atoms with Crippen molar-refractivity contribution in [2.75, 3.05) is 0 Å². The predicted octanol–water partition coefficient (Wildman–Crippen LogP) is 1.28. The number of nitrogens with two attached hydrogens (primary N) is 2. The molecule has 0 aliphatic carbocycles. The molecule has 0 aliphatic heterocycles. The third-order valence-electron chi connectivity index (χ3n) is 1.88. The van der Waals surface area contributed by atoms with Crippen molar-refractivity contribution in [3.63, 3.8) is 0 Å². The lowest BCUT2D eigenvalue weighted by Crippen LogP contribution is -2.21. The van der Waals surface area contributed by atoms with Crippen molar-refractivity contribution in [2.24, 2.45) is 29.2 Å². The van der Waals surface area contributed by atoms with Gasteiger partial charge in [-0.25, -0.2) is 0 Å². The van der Waals surface area contributed by atoms with E-state index >= 15 is 0 Å². The van der Waals surface area contributed by atoms with Gasteiger partial charge in [-0.3, -0.25) is 9.59 Å². The van der Waals surface area contributed by atoms with Crippen LogP contribution in [-0.4, -0.2) is 11.8 Å². The van der Waals surface area contributed by atoms with Gasteiger partial charge in [-0.2, -0.15) is 0 Å². The fourth-order valence-electron chi connectivity index (χ4n) is 0.823. The first-order valence-corrected chi connectivity index (χ1v) is 5.27. The Morgan fingerprint density at radius 3 is 1.33 bits per heavy atom. The molecule has 0 saturated heterocycles. The van der Waals surface area contributed by atoms with Crippen LogP contribution < -0.4 is 11.5 Å². The maximum Gasteiger partial charge on any atom is 0.220 e. The second kappa shape index (κ2) is 8.26. The number of amides is 2. The molecule has 4 heteroatoms. The van der Waals surface area contributed by atoms with Crippen LogP contribution in [0.15, 0.2) is 0 Å². The van der Waals surface area contributed by atoms with Crippen molar-refractivity contribution < 1.29 is 9.59 Å². The Morgan fingerprint density at radius 2 is 1.27 bits per heavy atom. The molecule has 0 radical (unpaired) electrons. The molecule has 0 spiro atoms. The normalized spacial score (nSPS) is 11.9. The van der Waals surface area contributed by atoms with E-state index in [0.717, 1.165) is 6.42 Å². The largest absolute Gasteiger partial charge is 0.369 e. The Kier molecular flexibility index (Phi) is 9.02. The average Bonchev–Trinajstić information content (AvgIpc) is 2.03. The van der Waals surface area contributed by atoms with Gasteiger partial charge in [0, 0.05) is 11.8 Å². The lowest BCUT2D eigenvalue weighted by molar-refractivity contribution is -0.122. The summed E-state index contributed by atoms with van der Waals surface area (Å²) in [4.78, 5) is 20.4. The monoisotopic (exact) mass is 216 g/mol. The summed E-state index contributed by atoms with van der Waals surface area (Å²) in [6.07, 6.45) is 0.898. The lowest BCUT2D eigenvalue weighted by Gasteiger charge is -2.08. The Morgan fingerprint density at radius 1 is 0.933 bits per heavy atom. The maximum absolute atomic E-state index is 10.5. The summed E-state index contributed by atoms with van der Waals surface area (Å²) in [6, 6.07) is 0. The van der Waals surface area contributed by atoms with Crippen LogP contribution in [0, 0.1) is 17.8 Å². The van der Waals surface area contributed by atoms with Crippen LogP contribution in [0.2, 0.25) is 0 Å². The van der Waals surface area contributed by atoms with Crippen LogP contribution in [0.25, 0.3) is 0 Å². The van der Waals surface area contributed by atoms with E-state index < -0.39 is 0 Å². The summed E-state index contributed by atoms with van der Waals surface area (Å²) in [6.45, 7) is 9.56. The quantitative estimate of drug-likeness (QED) is 0.741. The van der Waals surface area contributed by atoms with Gasteiger partial charge in [0.15, 0.2) is 0 Å². The first-order valence-electron chi connectivity index (χ1n) is 5.27. The summed E-state index contributed by atoms with van der Waals surface area (Å²) in [5.74, 6) is 0.154. The van der Waals surface area contributed by atoms with Gasteiger partial charge in [-0.15, -0.1) is 0 Å². The highest BCUT2D eigenvalue weighted by atomic mass is 16.1. The van der Waals surface area contributed by atoms with Gasteiger partial charge < -0.3 is 11.5 Å². The molecular formula is C11H24N2O2. The molecule has 1 unspecified atom stereocenters. The molecule has 0 aromatic heterocycles. The number of hydrogen-bond donors (Lipinski definition) is 2. The summed E-state index contributed by atoms with van der Waals surface area (Å²) < 4.78 is 0. The van der Waals surface area contributed by atoms with E-state index in [9.17, 15) is 9.59 Å². The number of carbonyl (C=O) groups excluding carboxylic acids is 2. The maximum atomic E-state index is 10.5. The third kappa shape index (κ3) is 12.9. The van der Waals surface area contributed by atoms with E-state index in [4.69, 9.17) is 11.5 Å². The van der Waals surface area contributed by atoms with E-state index in [1.807, 2.05) is 6.92 Å². The van der Waals surface area contributed by atoms with Crippen LogP contribution in [0.5, 0.6) is 0 Å². The fraction of sp³-hybridized carbons (Fsp3) is 0.818. The zero-order valence-electron chi connectivity index (χ0n) is 10.4. The SMILES string of the molecule is CC(C)C(N)=O.CC(C)CC(C)C(N)=O. The molecule has 0 aromatic carbocycles. The molecule has 0 aromatic rings. The zero-order chi connectivity index (χ0) is 12.6. The van der Waals surface area contributed by atoms with Gasteiger partial charge in [0.1, 0.15) is 0 Å². The van der Waals surface area contributed by atoms with Gasteiger partial charge >= 0.3 is 0 Å². The van der Waals surface area contributed by atoms with Crippen LogP contribution in [0.1, 0.15) is 41.0 Å². The van der Waals surface area contributed by atoms with Crippen molar-refractivity contribution in [3.05, 3.63) is 0 Å². The molecule has 0 heterocycles. The van der Waals surface area contributed by atoms with Crippen LogP contribution in [-0.2, 0) is 9.59 Å².